The number of hydrogen-bond donors (Lipinski definition) is 2. The fourth-order valence-electron chi connectivity index (χ4n) is 2.66. The molecule has 0 bridgehead atoms. The van der Waals surface area contributed by atoms with Crippen LogP contribution >= 0.6 is 12.4 Å². The number of carbonyl (C=O) groups excluding carboxylic acids is 1. The van der Waals surface area contributed by atoms with Crippen molar-refractivity contribution in [2.45, 2.75) is 12.8 Å². The van der Waals surface area contributed by atoms with Crippen LogP contribution < -0.4 is 15.4 Å². The number of rotatable bonds is 5. The highest BCUT2D eigenvalue weighted by Gasteiger charge is 2.13. The van der Waals surface area contributed by atoms with Crippen molar-refractivity contribution in [1.29, 1.82) is 0 Å². The first-order valence-corrected chi connectivity index (χ1v) is 7.54. The SMILES string of the molecule is COc1ccc(CCNC(=O)c2ccc3c(c2)CCN3)cc1.Cl. The molecular formula is C18H21ClN2O2. The van der Waals surface area contributed by atoms with Gasteiger partial charge in [-0.15, -0.1) is 12.4 Å². The highest BCUT2D eigenvalue weighted by Crippen LogP contribution is 2.22. The van der Waals surface area contributed by atoms with Gasteiger partial charge in [0, 0.05) is 24.3 Å². The molecule has 1 heterocycles. The maximum absolute atomic E-state index is 12.2. The zero-order valence-corrected chi connectivity index (χ0v) is 13.9. The Morgan fingerprint density at radius 2 is 2.00 bits per heavy atom. The summed E-state index contributed by atoms with van der Waals surface area (Å²) in [5.74, 6) is 0.836. The summed E-state index contributed by atoms with van der Waals surface area (Å²) in [7, 11) is 1.65. The van der Waals surface area contributed by atoms with Crippen molar-refractivity contribution in [1.82, 2.24) is 5.32 Å². The molecule has 2 N–H and O–H groups in total. The highest BCUT2D eigenvalue weighted by atomic mass is 35.5. The topological polar surface area (TPSA) is 50.4 Å². The Morgan fingerprint density at radius 1 is 1.22 bits per heavy atom. The average molecular weight is 333 g/mol. The largest absolute Gasteiger partial charge is 0.497 e. The maximum atomic E-state index is 12.2. The second-order valence-electron chi connectivity index (χ2n) is 5.40. The zero-order chi connectivity index (χ0) is 15.4. The number of carbonyl (C=O) groups is 1. The molecule has 23 heavy (non-hydrogen) atoms. The molecule has 0 saturated heterocycles. The lowest BCUT2D eigenvalue weighted by Gasteiger charge is -2.07. The van der Waals surface area contributed by atoms with Crippen molar-refractivity contribution in [3.05, 3.63) is 59.2 Å². The lowest BCUT2D eigenvalue weighted by molar-refractivity contribution is 0.0954. The van der Waals surface area contributed by atoms with Gasteiger partial charge in [0.05, 0.1) is 7.11 Å². The molecule has 1 amide bonds. The molecule has 5 heteroatoms. The van der Waals surface area contributed by atoms with Crippen LogP contribution in [0.4, 0.5) is 5.69 Å². The lowest BCUT2D eigenvalue weighted by atomic mass is 10.1. The number of ether oxygens (including phenoxy) is 1. The van der Waals surface area contributed by atoms with Gasteiger partial charge in [-0.3, -0.25) is 4.79 Å². The zero-order valence-electron chi connectivity index (χ0n) is 13.1. The first kappa shape index (κ1) is 17.2. The monoisotopic (exact) mass is 332 g/mol. The molecule has 2 aromatic rings. The van der Waals surface area contributed by atoms with E-state index < -0.39 is 0 Å². The van der Waals surface area contributed by atoms with E-state index in [9.17, 15) is 4.79 Å². The quantitative estimate of drug-likeness (QED) is 0.884. The van der Waals surface area contributed by atoms with E-state index in [1.54, 1.807) is 7.11 Å². The summed E-state index contributed by atoms with van der Waals surface area (Å²) in [5, 5.41) is 6.27. The molecule has 0 fully saturated rings. The third-order valence-electron chi connectivity index (χ3n) is 3.94. The van der Waals surface area contributed by atoms with Crippen LogP contribution in [0.5, 0.6) is 5.75 Å². The number of halogens is 1. The van der Waals surface area contributed by atoms with E-state index in [0.29, 0.717) is 6.54 Å². The van der Waals surface area contributed by atoms with Gasteiger partial charge < -0.3 is 15.4 Å². The molecule has 1 aliphatic rings. The summed E-state index contributed by atoms with van der Waals surface area (Å²) in [6, 6.07) is 13.8. The Hall–Kier alpha value is -2.20. The molecule has 0 spiro atoms. The van der Waals surface area contributed by atoms with E-state index >= 15 is 0 Å². The van der Waals surface area contributed by atoms with Gasteiger partial charge in [-0.25, -0.2) is 0 Å². The van der Waals surface area contributed by atoms with Crippen molar-refractivity contribution in [2.75, 3.05) is 25.5 Å². The minimum Gasteiger partial charge on any atom is -0.497 e. The second-order valence-corrected chi connectivity index (χ2v) is 5.40. The third-order valence-corrected chi connectivity index (χ3v) is 3.94. The van der Waals surface area contributed by atoms with Crippen molar-refractivity contribution in [3.8, 4) is 5.75 Å². The van der Waals surface area contributed by atoms with Gasteiger partial charge in [-0.05, 0) is 54.3 Å². The minimum atomic E-state index is -0.0109. The minimum absolute atomic E-state index is 0. The molecule has 4 nitrogen and oxygen atoms in total. The third kappa shape index (κ3) is 4.17. The van der Waals surface area contributed by atoms with Gasteiger partial charge in [0.15, 0.2) is 0 Å². The number of anilines is 1. The Balaban J connectivity index is 0.00000192. The average Bonchev–Trinajstić information content (AvgIpc) is 3.03. The summed E-state index contributed by atoms with van der Waals surface area (Å²) in [5.41, 5.74) is 4.29. The normalized spacial score (nSPS) is 11.9. The molecule has 0 aliphatic carbocycles. The second kappa shape index (κ2) is 7.88. The Kier molecular flexibility index (Phi) is 5.88. The Labute approximate surface area is 142 Å². The van der Waals surface area contributed by atoms with Crippen LogP contribution in [0.3, 0.4) is 0 Å². The molecule has 122 valence electrons. The number of benzene rings is 2. The molecule has 0 radical (unpaired) electrons. The first-order valence-electron chi connectivity index (χ1n) is 7.54. The summed E-state index contributed by atoms with van der Waals surface area (Å²) < 4.78 is 5.13. The van der Waals surface area contributed by atoms with Crippen LogP contribution in [0.15, 0.2) is 42.5 Å². The maximum Gasteiger partial charge on any atom is 0.251 e. The van der Waals surface area contributed by atoms with E-state index in [-0.39, 0.29) is 18.3 Å². The molecular weight excluding hydrogens is 312 g/mol. The fourth-order valence-corrected chi connectivity index (χ4v) is 2.66. The fraction of sp³-hybridized carbons (Fsp3) is 0.278. The number of fused-ring (bicyclic) bond motifs is 1. The molecule has 3 rings (SSSR count). The van der Waals surface area contributed by atoms with Gasteiger partial charge in [0.2, 0.25) is 0 Å². The van der Waals surface area contributed by atoms with Gasteiger partial charge in [0.1, 0.15) is 5.75 Å². The van der Waals surface area contributed by atoms with Gasteiger partial charge in [0.25, 0.3) is 5.91 Å². The van der Waals surface area contributed by atoms with Crippen LogP contribution in [0.25, 0.3) is 0 Å². The summed E-state index contributed by atoms with van der Waals surface area (Å²) in [4.78, 5) is 12.2. The number of methoxy groups -OCH3 is 1. The standard InChI is InChI=1S/C18H20N2O2.ClH/c1-22-16-5-2-13(3-6-16)8-10-20-18(21)15-4-7-17-14(12-15)9-11-19-17;/h2-7,12,19H,8-11H2,1H3,(H,20,21);1H. The van der Waals surface area contributed by atoms with Crippen molar-refractivity contribution in [2.24, 2.45) is 0 Å². The van der Waals surface area contributed by atoms with E-state index in [0.717, 1.165) is 36.4 Å². The predicted octanol–water partition coefficient (Wildman–Crippen LogP) is 3.06. The van der Waals surface area contributed by atoms with Gasteiger partial charge >= 0.3 is 0 Å². The lowest BCUT2D eigenvalue weighted by Crippen LogP contribution is -2.25. The van der Waals surface area contributed by atoms with Crippen LogP contribution in [-0.2, 0) is 12.8 Å². The summed E-state index contributed by atoms with van der Waals surface area (Å²) in [6.45, 7) is 1.58. The van der Waals surface area contributed by atoms with Gasteiger partial charge in [-0.2, -0.15) is 0 Å². The van der Waals surface area contributed by atoms with Crippen molar-refractivity contribution < 1.29 is 9.53 Å². The smallest absolute Gasteiger partial charge is 0.251 e. The first-order chi connectivity index (χ1) is 10.8. The van der Waals surface area contributed by atoms with Crippen molar-refractivity contribution >= 4 is 24.0 Å². The molecule has 0 aromatic heterocycles. The van der Waals surface area contributed by atoms with E-state index in [1.165, 1.54) is 11.1 Å². The predicted molar refractivity (Wildman–Crippen MR) is 94.9 cm³/mol. The van der Waals surface area contributed by atoms with E-state index in [2.05, 4.69) is 10.6 Å². The number of nitrogens with one attached hydrogen (secondary N) is 2. The van der Waals surface area contributed by atoms with Crippen LogP contribution in [-0.4, -0.2) is 26.1 Å². The number of amides is 1. The van der Waals surface area contributed by atoms with E-state index in [4.69, 9.17) is 4.74 Å². The van der Waals surface area contributed by atoms with Crippen molar-refractivity contribution in [3.63, 3.8) is 0 Å². The number of hydrogen-bond acceptors (Lipinski definition) is 3. The summed E-state index contributed by atoms with van der Waals surface area (Å²) in [6.07, 6.45) is 1.80. The molecule has 0 atom stereocenters. The molecule has 1 aliphatic heterocycles. The molecule has 0 unspecified atom stereocenters. The van der Waals surface area contributed by atoms with Crippen LogP contribution in [0.1, 0.15) is 21.5 Å². The Bertz CT molecular complexity index is 671. The molecule has 0 saturated carbocycles. The summed E-state index contributed by atoms with van der Waals surface area (Å²) >= 11 is 0. The highest BCUT2D eigenvalue weighted by molar-refractivity contribution is 5.95. The van der Waals surface area contributed by atoms with Gasteiger partial charge in [-0.1, -0.05) is 12.1 Å². The van der Waals surface area contributed by atoms with Crippen LogP contribution in [0, 0.1) is 0 Å². The van der Waals surface area contributed by atoms with Crippen LogP contribution in [0.2, 0.25) is 0 Å². The Morgan fingerprint density at radius 3 is 2.74 bits per heavy atom. The molecule has 2 aromatic carbocycles. The van der Waals surface area contributed by atoms with E-state index in [1.807, 2.05) is 42.5 Å².